The number of aromatic nitrogens is 3. The quantitative estimate of drug-likeness (QED) is 0.429. The SMILES string of the molecule is CC(C)n1cc(C(=O)c2cccc(NS(=O)(=O)c3ccc(F)cc3)c2)c2c(N)ncnc21. The number of rotatable bonds is 6. The molecule has 2 heterocycles. The van der Waals surface area contributed by atoms with Crippen molar-refractivity contribution in [2.24, 2.45) is 0 Å². The van der Waals surface area contributed by atoms with Gasteiger partial charge in [0.05, 0.1) is 15.8 Å². The lowest BCUT2D eigenvalue weighted by molar-refractivity contribution is 0.104. The molecule has 0 amide bonds. The lowest BCUT2D eigenvalue weighted by atomic mass is 10.0. The van der Waals surface area contributed by atoms with E-state index in [-0.39, 0.29) is 33.8 Å². The van der Waals surface area contributed by atoms with Crippen LogP contribution >= 0.6 is 0 Å². The second-order valence-electron chi connectivity index (χ2n) is 7.47. The Balaban J connectivity index is 1.71. The van der Waals surface area contributed by atoms with E-state index in [9.17, 15) is 17.6 Å². The Hall–Kier alpha value is -3.79. The lowest BCUT2D eigenvalue weighted by Crippen LogP contribution is -2.13. The van der Waals surface area contributed by atoms with Gasteiger partial charge in [0.25, 0.3) is 10.0 Å². The number of nitrogens with zero attached hydrogens (tertiary/aromatic N) is 3. The van der Waals surface area contributed by atoms with Gasteiger partial charge in [0.15, 0.2) is 5.78 Å². The molecule has 0 bridgehead atoms. The van der Waals surface area contributed by atoms with Crippen molar-refractivity contribution in [2.45, 2.75) is 24.8 Å². The van der Waals surface area contributed by atoms with Gasteiger partial charge in [-0.2, -0.15) is 0 Å². The van der Waals surface area contributed by atoms with Crippen molar-refractivity contribution < 1.29 is 17.6 Å². The third-order valence-electron chi connectivity index (χ3n) is 4.94. The number of halogens is 1. The van der Waals surface area contributed by atoms with Gasteiger partial charge in [-0.25, -0.2) is 22.8 Å². The summed E-state index contributed by atoms with van der Waals surface area (Å²) >= 11 is 0. The molecule has 4 aromatic rings. The van der Waals surface area contributed by atoms with Crippen molar-refractivity contribution in [3.8, 4) is 0 Å². The van der Waals surface area contributed by atoms with E-state index >= 15 is 0 Å². The van der Waals surface area contributed by atoms with Gasteiger partial charge in [0.1, 0.15) is 23.6 Å². The first-order chi connectivity index (χ1) is 15.2. The summed E-state index contributed by atoms with van der Waals surface area (Å²) in [5.41, 5.74) is 7.36. The van der Waals surface area contributed by atoms with Crippen molar-refractivity contribution in [1.82, 2.24) is 14.5 Å². The number of benzene rings is 2. The Morgan fingerprint density at radius 2 is 1.84 bits per heavy atom. The van der Waals surface area contributed by atoms with Crippen LogP contribution in [-0.2, 0) is 10.0 Å². The molecule has 3 N–H and O–H groups in total. The molecule has 4 rings (SSSR count). The first kappa shape index (κ1) is 21.4. The summed E-state index contributed by atoms with van der Waals surface area (Å²) in [5, 5.41) is 0.448. The van der Waals surface area contributed by atoms with Crippen LogP contribution in [0, 0.1) is 5.82 Å². The summed E-state index contributed by atoms with van der Waals surface area (Å²) in [6.07, 6.45) is 3.02. The highest BCUT2D eigenvalue weighted by Crippen LogP contribution is 2.29. The number of carbonyl (C=O) groups is 1. The smallest absolute Gasteiger partial charge is 0.261 e. The third-order valence-corrected chi connectivity index (χ3v) is 6.34. The molecular weight excluding hydrogens is 433 g/mol. The average Bonchev–Trinajstić information content (AvgIpc) is 3.15. The second-order valence-corrected chi connectivity index (χ2v) is 9.15. The Labute approximate surface area is 184 Å². The monoisotopic (exact) mass is 453 g/mol. The molecule has 0 aliphatic carbocycles. The van der Waals surface area contributed by atoms with E-state index < -0.39 is 15.8 Å². The predicted octanol–water partition coefficient (Wildman–Crippen LogP) is 3.77. The molecule has 0 saturated heterocycles. The van der Waals surface area contributed by atoms with Crippen LogP contribution in [0.3, 0.4) is 0 Å². The Morgan fingerprint density at radius 1 is 1.12 bits per heavy atom. The average molecular weight is 453 g/mol. The van der Waals surface area contributed by atoms with Crippen molar-refractivity contribution in [3.63, 3.8) is 0 Å². The zero-order valence-corrected chi connectivity index (χ0v) is 18.1. The van der Waals surface area contributed by atoms with Crippen LogP contribution in [0.1, 0.15) is 35.8 Å². The molecule has 0 atom stereocenters. The Bertz CT molecular complexity index is 1430. The van der Waals surface area contributed by atoms with Crippen molar-refractivity contribution in [1.29, 1.82) is 0 Å². The molecule has 0 spiro atoms. The van der Waals surface area contributed by atoms with Crippen molar-refractivity contribution in [2.75, 3.05) is 10.5 Å². The van der Waals surface area contributed by atoms with Gasteiger partial charge in [0, 0.05) is 23.5 Å². The molecule has 164 valence electrons. The van der Waals surface area contributed by atoms with E-state index in [0.717, 1.165) is 24.3 Å². The van der Waals surface area contributed by atoms with E-state index in [4.69, 9.17) is 5.73 Å². The Morgan fingerprint density at radius 3 is 2.53 bits per heavy atom. The minimum atomic E-state index is -3.96. The van der Waals surface area contributed by atoms with E-state index in [1.165, 1.54) is 18.5 Å². The van der Waals surface area contributed by atoms with Crippen LogP contribution in [0.25, 0.3) is 11.0 Å². The van der Waals surface area contributed by atoms with Gasteiger partial charge in [-0.05, 0) is 50.2 Å². The van der Waals surface area contributed by atoms with E-state index in [2.05, 4.69) is 14.7 Å². The molecule has 0 unspecified atom stereocenters. The molecule has 0 fully saturated rings. The minimum absolute atomic E-state index is 0.0298. The van der Waals surface area contributed by atoms with E-state index in [0.29, 0.717) is 16.6 Å². The van der Waals surface area contributed by atoms with Gasteiger partial charge in [-0.3, -0.25) is 9.52 Å². The van der Waals surface area contributed by atoms with Crippen molar-refractivity contribution >= 4 is 38.3 Å². The fraction of sp³-hybridized carbons (Fsp3) is 0.136. The van der Waals surface area contributed by atoms with Gasteiger partial charge in [0.2, 0.25) is 0 Å². The number of fused-ring (bicyclic) bond motifs is 1. The van der Waals surface area contributed by atoms with Crippen LogP contribution < -0.4 is 10.5 Å². The van der Waals surface area contributed by atoms with Crippen molar-refractivity contribution in [3.05, 3.63) is 78.0 Å². The summed E-state index contributed by atoms with van der Waals surface area (Å²) in [4.78, 5) is 21.5. The number of ketones is 1. The maximum Gasteiger partial charge on any atom is 0.261 e. The molecule has 0 radical (unpaired) electrons. The number of sulfonamides is 1. The summed E-state index contributed by atoms with van der Waals surface area (Å²) in [6.45, 7) is 3.91. The summed E-state index contributed by atoms with van der Waals surface area (Å²) < 4.78 is 42.6. The highest BCUT2D eigenvalue weighted by molar-refractivity contribution is 7.92. The number of carbonyl (C=O) groups excluding carboxylic acids is 1. The number of hydrogen-bond acceptors (Lipinski definition) is 6. The number of nitrogen functional groups attached to an aromatic ring is 1. The van der Waals surface area contributed by atoms with Gasteiger partial charge >= 0.3 is 0 Å². The zero-order chi connectivity index (χ0) is 23.0. The Kier molecular flexibility index (Phi) is 5.39. The number of anilines is 2. The maximum absolute atomic E-state index is 13.3. The molecular formula is C22H20FN5O3S. The normalized spacial score (nSPS) is 11.8. The lowest BCUT2D eigenvalue weighted by Gasteiger charge is -2.09. The zero-order valence-electron chi connectivity index (χ0n) is 17.3. The van der Waals surface area contributed by atoms with Gasteiger partial charge in [-0.15, -0.1) is 0 Å². The number of nitrogens with one attached hydrogen (secondary N) is 1. The highest BCUT2D eigenvalue weighted by Gasteiger charge is 2.22. The fourth-order valence-corrected chi connectivity index (χ4v) is 4.43. The first-order valence-corrected chi connectivity index (χ1v) is 11.2. The summed E-state index contributed by atoms with van der Waals surface area (Å²) in [5.74, 6) is -0.704. The topological polar surface area (TPSA) is 120 Å². The molecule has 2 aromatic carbocycles. The molecule has 0 aliphatic rings. The first-order valence-electron chi connectivity index (χ1n) is 9.71. The molecule has 0 saturated carbocycles. The summed E-state index contributed by atoms with van der Waals surface area (Å²) in [7, 11) is -3.96. The molecule has 0 aliphatic heterocycles. The number of hydrogen-bond donors (Lipinski definition) is 2. The second kappa shape index (κ2) is 8.04. The van der Waals surface area contributed by atoms with Crippen LogP contribution in [0.4, 0.5) is 15.9 Å². The molecule has 2 aromatic heterocycles. The number of nitrogens with two attached hydrogens (primary N) is 1. The van der Waals surface area contributed by atoms with E-state index in [1.54, 1.807) is 18.3 Å². The predicted molar refractivity (Wildman–Crippen MR) is 119 cm³/mol. The summed E-state index contributed by atoms with van der Waals surface area (Å²) in [6, 6.07) is 10.6. The van der Waals surface area contributed by atoms with Crippen LogP contribution in [0.15, 0.2) is 66.0 Å². The van der Waals surface area contributed by atoms with Gasteiger partial charge < -0.3 is 10.3 Å². The highest BCUT2D eigenvalue weighted by atomic mass is 32.2. The molecule has 8 nitrogen and oxygen atoms in total. The fourth-order valence-electron chi connectivity index (χ4n) is 3.38. The van der Waals surface area contributed by atoms with Crippen LogP contribution in [-0.4, -0.2) is 28.7 Å². The van der Waals surface area contributed by atoms with Crippen LogP contribution in [0.5, 0.6) is 0 Å². The van der Waals surface area contributed by atoms with E-state index in [1.807, 2.05) is 18.4 Å². The largest absolute Gasteiger partial charge is 0.383 e. The molecule has 32 heavy (non-hydrogen) atoms. The standard InChI is InChI=1S/C22H20FN5O3S/c1-13(2)28-11-18(19-21(24)25-12-26-22(19)28)20(29)14-4-3-5-16(10-14)27-32(30,31)17-8-6-15(23)7-9-17/h3-13,27H,1-2H3,(H2,24,25,26). The third kappa shape index (κ3) is 3.92. The maximum atomic E-state index is 13.3. The van der Waals surface area contributed by atoms with Gasteiger partial charge in [-0.1, -0.05) is 12.1 Å². The molecule has 10 heteroatoms. The minimum Gasteiger partial charge on any atom is -0.383 e. The van der Waals surface area contributed by atoms with Crippen LogP contribution in [0.2, 0.25) is 0 Å².